The van der Waals surface area contributed by atoms with Gasteiger partial charge in [0, 0.05) is 5.54 Å². The molecule has 0 atom stereocenters. The van der Waals surface area contributed by atoms with Gasteiger partial charge >= 0.3 is 0 Å². The highest BCUT2D eigenvalue weighted by molar-refractivity contribution is 7.20. The number of fused-ring (bicyclic) bond motifs is 3. The van der Waals surface area contributed by atoms with Crippen LogP contribution in [0.15, 0.2) is 36.4 Å². The molecule has 2 aromatic carbocycles. The van der Waals surface area contributed by atoms with E-state index < -0.39 is 7.38 Å². The maximum Gasteiger partial charge on any atom is 0.162 e. The highest BCUT2D eigenvalue weighted by Gasteiger charge is 2.40. The van der Waals surface area contributed by atoms with Gasteiger partial charge in [-0.3, -0.25) is 0 Å². The van der Waals surface area contributed by atoms with Crippen molar-refractivity contribution in [2.75, 3.05) is 0 Å². The molecule has 2 heteroatoms. The monoisotopic (exact) mass is 370 g/mol. The van der Waals surface area contributed by atoms with Crippen molar-refractivity contribution in [3.05, 3.63) is 58.7 Å². The summed E-state index contributed by atoms with van der Waals surface area (Å²) in [6.07, 6.45) is 0. The van der Waals surface area contributed by atoms with Crippen molar-refractivity contribution in [3.8, 4) is 11.1 Å². The van der Waals surface area contributed by atoms with Crippen LogP contribution in [0.5, 0.6) is 0 Å². The predicted molar refractivity (Wildman–Crippen MR) is 114 cm³/mol. The lowest BCUT2D eigenvalue weighted by molar-refractivity contribution is 0.589. The molecule has 0 N–H and O–H groups in total. The van der Waals surface area contributed by atoms with Crippen molar-refractivity contribution in [2.45, 2.75) is 71.0 Å². The van der Waals surface area contributed by atoms with E-state index in [4.69, 9.17) is 11.1 Å². The average molecular weight is 371 g/mol. The first-order valence-corrected chi connectivity index (χ1v) is 13.4. The average Bonchev–Trinajstić information content (AvgIpc) is 2.77. The third kappa shape index (κ3) is 3.33. The summed E-state index contributed by atoms with van der Waals surface area (Å²) in [5.41, 5.74) is 9.15. The summed E-state index contributed by atoms with van der Waals surface area (Å²) in [6.45, 7) is 18.3. The van der Waals surface area contributed by atoms with E-state index in [1.54, 1.807) is 0 Å². The van der Waals surface area contributed by atoms with E-state index in [1.807, 2.05) is 0 Å². The fraction of sp³-hybridized carbons (Fsp3) is 0.478. The Hall–Kier alpha value is -1.05. The highest BCUT2D eigenvalue weighted by Crippen LogP contribution is 2.51. The molecule has 3 rings (SSSR count). The summed E-state index contributed by atoms with van der Waals surface area (Å²) in [7, 11) is -1.88. The molecule has 1 aliphatic carbocycles. The Morgan fingerprint density at radius 1 is 0.720 bits per heavy atom. The van der Waals surface area contributed by atoms with Crippen LogP contribution < -0.4 is 0 Å². The third-order valence-electron chi connectivity index (χ3n) is 5.44. The molecule has 0 unspecified atom stereocenters. The maximum absolute atomic E-state index is 6.99. The molecule has 0 fully saturated rings. The number of hydrogen-bond acceptors (Lipinski definition) is 0. The largest absolute Gasteiger partial charge is 0.167 e. The number of halogens is 1. The molecular weight excluding hydrogens is 340 g/mol. The molecule has 134 valence electrons. The fourth-order valence-electron chi connectivity index (χ4n) is 3.92. The second-order valence-electron chi connectivity index (χ2n) is 10.1. The quantitative estimate of drug-likeness (QED) is 0.363. The second kappa shape index (κ2) is 5.72. The van der Waals surface area contributed by atoms with Crippen molar-refractivity contribution in [1.29, 1.82) is 0 Å². The van der Waals surface area contributed by atoms with Crippen LogP contribution in [0, 0.1) is 0 Å². The van der Waals surface area contributed by atoms with E-state index in [-0.39, 0.29) is 10.8 Å². The number of rotatable bonds is 1. The maximum atomic E-state index is 6.99. The van der Waals surface area contributed by atoms with Crippen LogP contribution in [0.3, 0.4) is 0 Å². The third-order valence-corrected chi connectivity index (χ3v) is 8.09. The molecule has 0 saturated carbocycles. The SMILES string of the molecule is CC(C)(C)c1ccc2c(c1)-c1cc(C(C)(C)C)ccc1C2[Si](C)(C)Cl. The minimum atomic E-state index is -1.88. The van der Waals surface area contributed by atoms with Crippen molar-refractivity contribution in [3.63, 3.8) is 0 Å². The van der Waals surface area contributed by atoms with Crippen LogP contribution in [0.2, 0.25) is 13.1 Å². The van der Waals surface area contributed by atoms with Gasteiger partial charge in [0.2, 0.25) is 0 Å². The Kier molecular flexibility index (Phi) is 4.29. The van der Waals surface area contributed by atoms with Gasteiger partial charge in [0.05, 0.1) is 0 Å². The van der Waals surface area contributed by atoms with Crippen LogP contribution in [0.1, 0.15) is 69.3 Å². The van der Waals surface area contributed by atoms with Crippen molar-refractivity contribution in [2.24, 2.45) is 0 Å². The molecule has 0 bridgehead atoms. The van der Waals surface area contributed by atoms with Gasteiger partial charge in [0.25, 0.3) is 0 Å². The Labute approximate surface area is 159 Å². The molecule has 0 heterocycles. The Morgan fingerprint density at radius 2 is 1.08 bits per heavy atom. The first kappa shape index (κ1) is 18.7. The topological polar surface area (TPSA) is 0 Å². The van der Waals surface area contributed by atoms with Gasteiger partial charge in [-0.25, -0.2) is 0 Å². The summed E-state index contributed by atoms with van der Waals surface area (Å²) in [5, 5.41) is 0. The van der Waals surface area contributed by atoms with Crippen LogP contribution in [0.25, 0.3) is 11.1 Å². The summed E-state index contributed by atoms with van der Waals surface area (Å²) < 4.78 is 0. The molecule has 0 aliphatic heterocycles. The van der Waals surface area contributed by atoms with E-state index in [0.717, 1.165) is 0 Å². The standard InChI is InChI=1S/C23H31ClSi/c1-22(2,3)15-9-11-17-19(13-15)20-14-16(23(4,5)6)10-12-18(20)21(17)25(7,8)24/h9-14,21H,1-8H3. The predicted octanol–water partition coefficient (Wildman–Crippen LogP) is 7.38. The van der Waals surface area contributed by atoms with E-state index >= 15 is 0 Å². The zero-order valence-corrected chi connectivity index (χ0v) is 18.7. The molecule has 2 aromatic rings. The van der Waals surface area contributed by atoms with Crippen LogP contribution in [-0.2, 0) is 10.8 Å². The number of benzene rings is 2. The molecule has 0 nitrogen and oxygen atoms in total. The Bertz CT molecular complexity index is 750. The van der Waals surface area contributed by atoms with Crippen LogP contribution in [-0.4, -0.2) is 7.38 Å². The van der Waals surface area contributed by atoms with Gasteiger partial charge in [-0.05, 0) is 44.2 Å². The molecule has 0 aromatic heterocycles. The van der Waals surface area contributed by atoms with Crippen LogP contribution >= 0.6 is 11.1 Å². The number of hydrogen-bond donors (Lipinski definition) is 0. The lowest BCUT2D eigenvalue weighted by Gasteiger charge is -2.26. The molecule has 1 aliphatic rings. The summed E-state index contributed by atoms with van der Waals surface area (Å²) >= 11 is 6.99. The zero-order chi connectivity index (χ0) is 18.8. The van der Waals surface area contributed by atoms with Crippen molar-refractivity contribution >= 4 is 18.5 Å². The van der Waals surface area contributed by atoms with Gasteiger partial charge in [-0.2, -0.15) is 11.1 Å². The van der Waals surface area contributed by atoms with Gasteiger partial charge in [0.1, 0.15) is 0 Å². The first-order chi connectivity index (χ1) is 11.3. The molecule has 0 radical (unpaired) electrons. The minimum absolute atomic E-state index is 0.156. The highest BCUT2D eigenvalue weighted by atomic mass is 35.6. The molecular formula is C23H31ClSi. The molecule has 25 heavy (non-hydrogen) atoms. The van der Waals surface area contributed by atoms with Gasteiger partial charge in [0.15, 0.2) is 7.38 Å². The first-order valence-electron chi connectivity index (χ1n) is 9.28. The van der Waals surface area contributed by atoms with E-state index in [9.17, 15) is 0 Å². The van der Waals surface area contributed by atoms with E-state index in [1.165, 1.54) is 33.4 Å². The fourth-order valence-corrected chi connectivity index (χ4v) is 6.61. The lowest BCUT2D eigenvalue weighted by Crippen LogP contribution is -2.28. The molecule has 0 spiro atoms. The van der Waals surface area contributed by atoms with Crippen LogP contribution in [0.4, 0.5) is 0 Å². The van der Waals surface area contributed by atoms with Gasteiger partial charge in [-0.1, -0.05) is 91.0 Å². The minimum Gasteiger partial charge on any atom is -0.167 e. The van der Waals surface area contributed by atoms with Crippen molar-refractivity contribution < 1.29 is 0 Å². The Balaban J connectivity index is 2.29. The molecule has 0 amide bonds. The van der Waals surface area contributed by atoms with E-state index in [2.05, 4.69) is 91.0 Å². The summed E-state index contributed by atoms with van der Waals surface area (Å²) in [6, 6.07) is 14.1. The molecule has 0 saturated heterocycles. The smallest absolute Gasteiger partial charge is 0.162 e. The second-order valence-corrected chi connectivity index (χ2v) is 16.7. The normalized spacial score (nSPS) is 15.2. The Morgan fingerprint density at radius 3 is 1.36 bits per heavy atom. The lowest BCUT2D eigenvalue weighted by atomic mass is 9.83. The zero-order valence-electron chi connectivity index (χ0n) is 16.9. The van der Waals surface area contributed by atoms with Gasteiger partial charge < -0.3 is 0 Å². The van der Waals surface area contributed by atoms with Gasteiger partial charge in [-0.15, -0.1) is 0 Å². The van der Waals surface area contributed by atoms with E-state index in [0.29, 0.717) is 5.54 Å². The summed E-state index contributed by atoms with van der Waals surface area (Å²) in [5.74, 6) is 0. The summed E-state index contributed by atoms with van der Waals surface area (Å²) in [4.78, 5) is 0. The van der Waals surface area contributed by atoms with Crippen molar-refractivity contribution in [1.82, 2.24) is 0 Å².